The zero-order valence-electron chi connectivity index (χ0n) is 22.9. The number of benzene rings is 2. The quantitative estimate of drug-likeness (QED) is 0.375. The van der Waals surface area contributed by atoms with Gasteiger partial charge < -0.3 is 24.4 Å². The van der Waals surface area contributed by atoms with Crippen LogP contribution in [0.5, 0.6) is 0 Å². The second kappa shape index (κ2) is 8.46. The lowest BCUT2D eigenvalue weighted by molar-refractivity contribution is -0.204. The summed E-state index contributed by atoms with van der Waals surface area (Å²) in [5.74, 6) is -0.548. The molecule has 10 heteroatoms. The number of aromatic nitrogens is 3. The summed E-state index contributed by atoms with van der Waals surface area (Å²) in [5.41, 5.74) is 7.33. The van der Waals surface area contributed by atoms with E-state index < -0.39 is 38.0 Å². The molecule has 3 aliphatic rings. The van der Waals surface area contributed by atoms with E-state index in [0.29, 0.717) is 17.0 Å². The van der Waals surface area contributed by atoms with E-state index in [2.05, 4.69) is 66.4 Å². The van der Waals surface area contributed by atoms with E-state index in [4.69, 9.17) is 24.4 Å². The largest absolute Gasteiger partial charge is 0.403 e. The van der Waals surface area contributed by atoms with Gasteiger partial charge in [0.1, 0.15) is 36.2 Å². The molecule has 0 spiro atoms. The van der Waals surface area contributed by atoms with Gasteiger partial charge in [-0.25, -0.2) is 9.50 Å². The van der Waals surface area contributed by atoms with Gasteiger partial charge in [-0.15, -0.1) is 0 Å². The van der Waals surface area contributed by atoms with E-state index in [0.717, 1.165) is 5.19 Å². The summed E-state index contributed by atoms with van der Waals surface area (Å²) in [6.45, 7) is 8.22. The fourth-order valence-corrected chi connectivity index (χ4v) is 11.9. The highest BCUT2D eigenvalue weighted by molar-refractivity contribution is 7.03. The summed E-state index contributed by atoms with van der Waals surface area (Å²) in [7, 11) is -2.79. The smallest absolute Gasteiger partial charge is 0.266 e. The first-order valence-corrected chi connectivity index (χ1v) is 15.4. The maximum atomic E-state index is 10.8. The fraction of sp³-hybridized carbons (Fsp3) is 0.367. The second-order valence-corrected chi connectivity index (χ2v) is 15.8. The van der Waals surface area contributed by atoms with Gasteiger partial charge in [0, 0.05) is 5.04 Å². The minimum absolute atomic E-state index is 0.0277. The molecule has 0 bridgehead atoms. The fourth-order valence-electron chi connectivity index (χ4n) is 6.93. The van der Waals surface area contributed by atoms with Crippen molar-refractivity contribution in [3.63, 3.8) is 0 Å². The van der Waals surface area contributed by atoms with Gasteiger partial charge in [0.2, 0.25) is 5.60 Å². The summed E-state index contributed by atoms with van der Waals surface area (Å²) >= 11 is 0. The molecule has 5 heterocycles. The first kappa shape index (κ1) is 25.4. The van der Waals surface area contributed by atoms with Crippen LogP contribution in [0.3, 0.4) is 0 Å². The van der Waals surface area contributed by atoms with E-state index >= 15 is 0 Å². The van der Waals surface area contributed by atoms with E-state index in [1.165, 1.54) is 17.1 Å². The summed E-state index contributed by atoms with van der Waals surface area (Å²) in [6, 6.07) is 25.0. The third-order valence-electron chi connectivity index (χ3n) is 8.76. The molecule has 3 aliphatic heterocycles. The number of nitrogens with zero attached hydrogens (tertiary/aromatic N) is 4. The maximum Gasteiger partial charge on any atom is 0.266 e. The Labute approximate surface area is 233 Å². The molecule has 2 aromatic carbocycles. The van der Waals surface area contributed by atoms with Crippen LogP contribution in [0.1, 0.15) is 45.1 Å². The van der Waals surface area contributed by atoms with Crippen molar-refractivity contribution in [3.8, 4) is 6.07 Å². The van der Waals surface area contributed by atoms with E-state index in [-0.39, 0.29) is 11.6 Å². The minimum atomic E-state index is -2.79. The third-order valence-corrected chi connectivity index (χ3v) is 13.7. The van der Waals surface area contributed by atoms with E-state index in [1.807, 2.05) is 44.2 Å². The molecular weight excluding hydrogens is 522 g/mol. The summed E-state index contributed by atoms with van der Waals surface area (Å²) < 4.78 is 28.2. The van der Waals surface area contributed by atoms with Gasteiger partial charge in [0.05, 0.1) is 12.3 Å². The van der Waals surface area contributed by atoms with Gasteiger partial charge >= 0.3 is 0 Å². The van der Waals surface area contributed by atoms with Crippen LogP contribution >= 0.6 is 0 Å². The van der Waals surface area contributed by atoms with Crippen LogP contribution in [0, 0.1) is 11.3 Å². The zero-order valence-corrected chi connectivity index (χ0v) is 23.9. The lowest BCUT2D eigenvalue weighted by atomic mass is 9.96. The Balaban J connectivity index is 1.31. The van der Waals surface area contributed by atoms with Gasteiger partial charge in [-0.3, -0.25) is 0 Å². The number of rotatable bonds is 5. The van der Waals surface area contributed by atoms with Crippen LogP contribution < -0.4 is 16.1 Å². The molecule has 5 atom stereocenters. The Hall–Kier alpha value is -3.59. The summed E-state index contributed by atoms with van der Waals surface area (Å²) in [4.78, 5) is 4.10. The van der Waals surface area contributed by atoms with E-state index in [1.54, 1.807) is 4.52 Å². The molecule has 0 saturated carbocycles. The minimum Gasteiger partial charge on any atom is -0.403 e. The predicted octanol–water partition coefficient (Wildman–Crippen LogP) is 2.77. The Morgan fingerprint density at radius 1 is 1.00 bits per heavy atom. The van der Waals surface area contributed by atoms with Crippen molar-refractivity contribution in [2.75, 3.05) is 12.3 Å². The molecular formula is C30H31N5O4Si. The lowest BCUT2D eigenvalue weighted by Crippen LogP contribution is -2.81. The first-order chi connectivity index (χ1) is 19.1. The first-order valence-electron chi connectivity index (χ1n) is 13.5. The molecule has 9 nitrogen and oxygen atoms in total. The molecule has 7 rings (SSSR count). The van der Waals surface area contributed by atoms with Crippen molar-refractivity contribution in [1.82, 2.24) is 14.6 Å². The Bertz CT molecular complexity index is 1670. The Morgan fingerprint density at radius 2 is 1.75 bits per heavy atom. The molecule has 2 aromatic heterocycles. The lowest BCUT2D eigenvalue weighted by Gasteiger charge is -2.55. The molecule has 204 valence electrons. The van der Waals surface area contributed by atoms with Crippen LogP contribution in [0.25, 0.3) is 5.52 Å². The van der Waals surface area contributed by atoms with Crippen LogP contribution in [0.15, 0.2) is 73.1 Å². The number of hydrogen-bond acceptors (Lipinski definition) is 8. The molecule has 4 aromatic rings. The average molecular weight is 554 g/mol. The zero-order chi connectivity index (χ0) is 27.9. The number of anilines is 1. The van der Waals surface area contributed by atoms with Crippen LogP contribution in [0.2, 0.25) is 0 Å². The number of nitrogens with two attached hydrogens (primary N) is 1. The summed E-state index contributed by atoms with van der Waals surface area (Å²) in [6.07, 6.45) is -0.464. The molecule has 2 fully saturated rings. The maximum absolute atomic E-state index is 10.8. The number of nitrogen functional groups attached to an aromatic ring is 1. The van der Waals surface area contributed by atoms with Crippen molar-refractivity contribution >= 4 is 30.0 Å². The molecule has 0 amide bonds. The van der Waals surface area contributed by atoms with Crippen molar-refractivity contribution < 1.29 is 18.6 Å². The average Bonchev–Trinajstić information content (AvgIpc) is 3.60. The predicted molar refractivity (Wildman–Crippen MR) is 150 cm³/mol. The monoisotopic (exact) mass is 553 g/mol. The number of ether oxygens (including phenoxy) is 3. The van der Waals surface area contributed by atoms with Gasteiger partial charge in [-0.05, 0) is 41.9 Å². The van der Waals surface area contributed by atoms with Gasteiger partial charge in [-0.2, -0.15) is 10.4 Å². The highest BCUT2D eigenvalue weighted by Gasteiger charge is 2.68. The number of nitriles is 1. The van der Waals surface area contributed by atoms with Crippen molar-refractivity contribution in [1.29, 1.82) is 5.26 Å². The SMILES string of the molecule is CC1(C)O[C@H]2[C@H](c3ccc4c(N)ncnn34)O[C@](C#N)(CO[Si]3(c4ccccc4)c4ccccc4C3(C)C)[C@H]2O1. The highest BCUT2D eigenvalue weighted by atomic mass is 28.4. The number of fused-ring (bicyclic) bond motifs is 3. The highest BCUT2D eigenvalue weighted by Crippen LogP contribution is 2.51. The normalized spacial score (nSPS) is 31.3. The third kappa shape index (κ3) is 3.27. The second-order valence-electron chi connectivity index (χ2n) is 11.8. The van der Waals surface area contributed by atoms with Gasteiger partial charge in [0.25, 0.3) is 8.32 Å². The molecule has 2 saturated heterocycles. The molecule has 0 radical (unpaired) electrons. The van der Waals surface area contributed by atoms with Gasteiger partial charge in [-0.1, -0.05) is 68.4 Å². The Morgan fingerprint density at radius 3 is 2.52 bits per heavy atom. The molecule has 0 aliphatic carbocycles. The number of hydrogen-bond donors (Lipinski definition) is 1. The van der Waals surface area contributed by atoms with Crippen LogP contribution in [-0.2, 0) is 23.7 Å². The van der Waals surface area contributed by atoms with Crippen molar-refractivity contribution in [2.24, 2.45) is 0 Å². The van der Waals surface area contributed by atoms with Crippen LogP contribution in [0.4, 0.5) is 5.82 Å². The van der Waals surface area contributed by atoms with Crippen LogP contribution in [-0.4, -0.2) is 53.1 Å². The molecule has 1 unspecified atom stereocenters. The topological polar surface area (TPSA) is 117 Å². The Kier molecular flexibility index (Phi) is 5.37. The summed E-state index contributed by atoms with van der Waals surface area (Å²) in [5, 5.41) is 17.3. The standard InChI is InChI=1S/C30H31N5O4Si/c1-28(2)20-12-8-9-13-23(20)40(28,19-10-6-5-7-11-19)36-17-30(16-31)26-25(37-29(3,4)39-26)24(38-30)21-14-15-22-27(32)33-18-34-35(21)22/h5-15,18,24-26H,17H2,1-4H3,(H2,32,33,34)/t24-,25-,26-,30+,40?/m0/s1. The van der Waals surface area contributed by atoms with Crippen molar-refractivity contribution in [3.05, 3.63) is 84.3 Å². The van der Waals surface area contributed by atoms with Crippen molar-refractivity contribution in [2.45, 2.75) is 62.4 Å². The molecule has 2 N–H and O–H groups in total. The van der Waals surface area contributed by atoms with E-state index in [9.17, 15) is 5.26 Å². The molecule has 40 heavy (non-hydrogen) atoms. The van der Waals surface area contributed by atoms with Gasteiger partial charge in [0.15, 0.2) is 11.6 Å².